The van der Waals surface area contributed by atoms with Gasteiger partial charge in [-0.3, -0.25) is 0 Å². The third-order valence-corrected chi connectivity index (χ3v) is 5.71. The number of nitrogens with one attached hydrogen (secondary N) is 1. The smallest absolute Gasteiger partial charge is 0.337 e. The molecular weight excluding hydrogens is 282 g/mol. The van der Waals surface area contributed by atoms with Crippen molar-refractivity contribution in [3.63, 3.8) is 0 Å². The van der Waals surface area contributed by atoms with Gasteiger partial charge in [0.05, 0.1) is 18.4 Å². The fourth-order valence-electron chi connectivity index (χ4n) is 1.86. The highest BCUT2D eigenvalue weighted by Crippen LogP contribution is 2.26. The zero-order chi connectivity index (χ0) is 13.7. The number of benzene rings is 1. The van der Waals surface area contributed by atoms with E-state index in [0.717, 1.165) is 12.3 Å². The van der Waals surface area contributed by atoms with Crippen LogP contribution in [0.2, 0.25) is 0 Å². The molecule has 1 fully saturated rings. The van der Waals surface area contributed by atoms with Crippen molar-refractivity contribution in [1.29, 1.82) is 0 Å². The van der Waals surface area contributed by atoms with Crippen LogP contribution in [-0.2, 0) is 0 Å². The van der Waals surface area contributed by atoms with Gasteiger partial charge in [-0.15, -0.1) is 0 Å². The van der Waals surface area contributed by atoms with Crippen LogP contribution in [0, 0.1) is 0 Å². The van der Waals surface area contributed by atoms with Gasteiger partial charge in [0.2, 0.25) is 0 Å². The third kappa shape index (κ3) is 3.98. The Balaban J connectivity index is 2.06. The number of aromatic carboxylic acids is 1. The molecule has 0 saturated carbocycles. The second-order valence-electron chi connectivity index (χ2n) is 4.17. The van der Waals surface area contributed by atoms with E-state index in [2.05, 4.69) is 5.32 Å². The first-order chi connectivity index (χ1) is 9.20. The summed E-state index contributed by atoms with van der Waals surface area (Å²) in [7, 11) is 1.58. The summed E-state index contributed by atoms with van der Waals surface area (Å²) >= 11 is 3.90. The van der Waals surface area contributed by atoms with Gasteiger partial charge in [-0.25, -0.2) is 4.79 Å². The van der Waals surface area contributed by atoms with E-state index in [1.165, 1.54) is 11.5 Å². The quantitative estimate of drug-likeness (QED) is 0.872. The van der Waals surface area contributed by atoms with Crippen molar-refractivity contribution >= 4 is 35.2 Å². The maximum absolute atomic E-state index is 11.2. The van der Waals surface area contributed by atoms with Crippen LogP contribution in [0.3, 0.4) is 0 Å². The van der Waals surface area contributed by atoms with Crippen molar-refractivity contribution in [3.8, 4) is 5.75 Å². The summed E-state index contributed by atoms with van der Waals surface area (Å²) in [6.45, 7) is 0.783. The van der Waals surface area contributed by atoms with Crippen molar-refractivity contribution in [2.75, 3.05) is 36.2 Å². The lowest BCUT2D eigenvalue weighted by Crippen LogP contribution is -2.23. The Morgan fingerprint density at radius 2 is 2.37 bits per heavy atom. The lowest BCUT2D eigenvalue weighted by Gasteiger charge is -2.22. The van der Waals surface area contributed by atoms with Gasteiger partial charge in [0, 0.05) is 35.1 Å². The molecule has 6 heteroatoms. The lowest BCUT2D eigenvalue weighted by atomic mass is 10.1. The third-order valence-electron chi connectivity index (χ3n) is 2.86. The maximum atomic E-state index is 11.2. The van der Waals surface area contributed by atoms with Crippen molar-refractivity contribution < 1.29 is 14.6 Å². The van der Waals surface area contributed by atoms with Gasteiger partial charge in [0.1, 0.15) is 5.75 Å². The molecule has 1 heterocycles. The molecule has 0 aliphatic carbocycles. The average Bonchev–Trinajstić information content (AvgIpc) is 2.45. The van der Waals surface area contributed by atoms with Gasteiger partial charge in [0.15, 0.2) is 0 Å². The summed E-state index contributed by atoms with van der Waals surface area (Å²) in [6, 6.07) is 4.98. The van der Waals surface area contributed by atoms with E-state index >= 15 is 0 Å². The molecule has 1 aliphatic heterocycles. The topological polar surface area (TPSA) is 58.6 Å². The molecule has 1 saturated heterocycles. The Hall–Kier alpha value is -1.01. The molecule has 104 valence electrons. The zero-order valence-electron chi connectivity index (χ0n) is 10.7. The summed E-state index contributed by atoms with van der Waals surface area (Å²) in [6.07, 6.45) is 0. The molecule has 0 bridgehead atoms. The molecule has 0 spiro atoms. The van der Waals surface area contributed by atoms with Crippen LogP contribution >= 0.6 is 23.5 Å². The van der Waals surface area contributed by atoms with Gasteiger partial charge < -0.3 is 15.2 Å². The van der Waals surface area contributed by atoms with Crippen LogP contribution in [-0.4, -0.2) is 47.2 Å². The Morgan fingerprint density at radius 1 is 1.53 bits per heavy atom. The number of rotatable bonds is 5. The first-order valence-electron chi connectivity index (χ1n) is 6.05. The number of carbonyl (C=O) groups is 1. The van der Waals surface area contributed by atoms with Crippen LogP contribution in [0.25, 0.3) is 0 Å². The Labute approximate surface area is 121 Å². The normalized spacial score (nSPS) is 18.9. The minimum atomic E-state index is -0.921. The number of methoxy groups -OCH3 is 1. The number of thioether (sulfide) groups is 2. The first kappa shape index (κ1) is 14.4. The highest BCUT2D eigenvalue weighted by molar-refractivity contribution is 8.06. The molecule has 2 N–H and O–H groups in total. The monoisotopic (exact) mass is 299 g/mol. The molecule has 0 amide bonds. The molecule has 0 radical (unpaired) electrons. The molecular formula is C13H17NO3S2. The van der Waals surface area contributed by atoms with E-state index in [4.69, 9.17) is 4.74 Å². The summed E-state index contributed by atoms with van der Waals surface area (Å²) in [5.74, 6) is 3.24. The van der Waals surface area contributed by atoms with Crippen molar-refractivity contribution in [2.45, 2.75) is 5.25 Å². The van der Waals surface area contributed by atoms with Crippen molar-refractivity contribution in [3.05, 3.63) is 23.8 Å². The second kappa shape index (κ2) is 6.96. The number of hydrogen-bond donors (Lipinski definition) is 2. The van der Waals surface area contributed by atoms with Gasteiger partial charge in [0.25, 0.3) is 0 Å². The molecule has 4 nitrogen and oxygen atoms in total. The Bertz CT molecular complexity index is 448. The van der Waals surface area contributed by atoms with Gasteiger partial charge in [-0.05, 0) is 12.1 Å². The van der Waals surface area contributed by atoms with Crippen LogP contribution in [0.4, 0.5) is 5.69 Å². The number of carboxylic acids is 1. The molecule has 19 heavy (non-hydrogen) atoms. The maximum Gasteiger partial charge on any atom is 0.337 e. The van der Waals surface area contributed by atoms with E-state index in [0.29, 0.717) is 16.7 Å². The molecule has 1 atom stereocenters. The number of anilines is 1. The van der Waals surface area contributed by atoms with E-state index in [1.807, 2.05) is 23.5 Å². The lowest BCUT2D eigenvalue weighted by molar-refractivity contribution is 0.0698. The number of carboxylic acid groups (broad SMARTS) is 1. The molecule has 1 aliphatic rings. The van der Waals surface area contributed by atoms with E-state index in [1.54, 1.807) is 25.3 Å². The second-order valence-corrected chi connectivity index (χ2v) is 6.72. The van der Waals surface area contributed by atoms with Crippen molar-refractivity contribution in [1.82, 2.24) is 0 Å². The molecule has 1 aromatic rings. The zero-order valence-corrected chi connectivity index (χ0v) is 12.4. The highest BCUT2D eigenvalue weighted by atomic mass is 32.2. The molecule has 0 aromatic heterocycles. The number of ether oxygens (including phenoxy) is 1. The first-order valence-corrected chi connectivity index (χ1v) is 8.25. The predicted octanol–water partition coefficient (Wildman–Crippen LogP) is 2.65. The van der Waals surface area contributed by atoms with Gasteiger partial charge in [-0.2, -0.15) is 23.5 Å². The summed E-state index contributed by atoms with van der Waals surface area (Å²) in [5.41, 5.74) is 0.914. The Kier molecular flexibility index (Phi) is 5.27. The molecule has 1 aromatic carbocycles. The van der Waals surface area contributed by atoms with Crippen LogP contribution in [0.1, 0.15) is 10.4 Å². The predicted molar refractivity (Wildman–Crippen MR) is 82.0 cm³/mol. The largest absolute Gasteiger partial charge is 0.497 e. The SMILES string of the molecule is COc1ccc(C(=O)O)c(NCC2CSCCS2)c1. The number of hydrogen-bond acceptors (Lipinski definition) is 5. The fraction of sp³-hybridized carbons (Fsp3) is 0.462. The van der Waals surface area contributed by atoms with E-state index in [-0.39, 0.29) is 5.56 Å². The molecule has 2 rings (SSSR count). The minimum absolute atomic E-state index is 0.286. The highest BCUT2D eigenvalue weighted by Gasteiger charge is 2.16. The Morgan fingerprint density at radius 3 is 3.00 bits per heavy atom. The average molecular weight is 299 g/mol. The van der Waals surface area contributed by atoms with Gasteiger partial charge >= 0.3 is 5.97 Å². The van der Waals surface area contributed by atoms with E-state index in [9.17, 15) is 9.90 Å². The summed E-state index contributed by atoms with van der Waals surface area (Å²) in [5, 5.41) is 13.0. The summed E-state index contributed by atoms with van der Waals surface area (Å²) in [4.78, 5) is 11.2. The molecule has 1 unspecified atom stereocenters. The summed E-state index contributed by atoms with van der Waals surface area (Å²) < 4.78 is 5.14. The van der Waals surface area contributed by atoms with E-state index < -0.39 is 5.97 Å². The fourth-order valence-corrected chi connectivity index (χ4v) is 4.47. The standard InChI is InChI=1S/C13H17NO3S2/c1-17-9-2-3-11(13(15)16)12(6-9)14-7-10-8-18-4-5-19-10/h2-3,6,10,14H,4-5,7-8H2,1H3,(H,15,16). The van der Waals surface area contributed by atoms with Crippen molar-refractivity contribution in [2.24, 2.45) is 0 Å². The van der Waals surface area contributed by atoms with Crippen LogP contribution in [0.5, 0.6) is 5.75 Å². The van der Waals surface area contributed by atoms with Crippen LogP contribution in [0.15, 0.2) is 18.2 Å². The van der Waals surface area contributed by atoms with Gasteiger partial charge in [-0.1, -0.05) is 0 Å². The minimum Gasteiger partial charge on any atom is -0.497 e. The van der Waals surface area contributed by atoms with Crippen LogP contribution < -0.4 is 10.1 Å².